The molecule has 0 unspecified atom stereocenters. The third kappa shape index (κ3) is 8.62. The number of methoxy groups -OCH3 is 2. The number of unbranched alkanes of at least 4 members (excludes halogenated alkanes) is 2. The number of aromatic nitrogens is 2. The van der Waals surface area contributed by atoms with Crippen LogP contribution in [-0.4, -0.2) is 93.7 Å². The van der Waals surface area contributed by atoms with Gasteiger partial charge in [-0.05, 0) is 25.1 Å². The molecule has 0 spiro atoms. The molecule has 14 nitrogen and oxygen atoms in total. The number of rotatable bonds is 11. The summed E-state index contributed by atoms with van der Waals surface area (Å²) in [7, 11) is -2.16. The highest BCUT2D eigenvalue weighted by Gasteiger charge is 2.32. The number of phosphoric acid groups is 1. The number of ether oxygens (including phenoxy) is 2. The maximum atomic E-state index is 13.4. The van der Waals surface area contributed by atoms with E-state index in [0.29, 0.717) is 5.56 Å². The van der Waals surface area contributed by atoms with Crippen LogP contribution in [0.4, 0.5) is 0 Å². The van der Waals surface area contributed by atoms with Crippen molar-refractivity contribution >= 4 is 36.3 Å². The van der Waals surface area contributed by atoms with E-state index in [0.717, 1.165) is 6.54 Å². The number of amides is 2. The molecule has 43 heavy (non-hydrogen) atoms. The molecule has 1 aromatic carbocycles. The molecule has 15 heteroatoms. The molecule has 3 heterocycles. The van der Waals surface area contributed by atoms with E-state index in [1.54, 1.807) is 29.2 Å². The van der Waals surface area contributed by atoms with Crippen molar-refractivity contribution in [1.29, 1.82) is 0 Å². The van der Waals surface area contributed by atoms with E-state index < -0.39 is 26.2 Å². The highest BCUT2D eigenvalue weighted by atomic mass is 31.2. The van der Waals surface area contributed by atoms with Crippen molar-refractivity contribution in [3.05, 3.63) is 53.9 Å². The zero-order valence-corrected chi connectivity index (χ0v) is 25.4. The second kappa shape index (κ2) is 15.6. The Morgan fingerprint density at radius 2 is 1.65 bits per heavy atom. The van der Waals surface area contributed by atoms with Crippen molar-refractivity contribution in [1.82, 2.24) is 19.4 Å². The lowest BCUT2D eigenvalue weighted by atomic mass is 10.1. The van der Waals surface area contributed by atoms with Gasteiger partial charge >= 0.3 is 7.82 Å². The van der Waals surface area contributed by atoms with Crippen LogP contribution in [0.2, 0.25) is 0 Å². The number of hydrogen-bond donors (Lipinski definition) is 3. The quantitative estimate of drug-likeness (QED) is 0.124. The topological polar surface area (TPSA) is 187 Å². The first-order valence-electron chi connectivity index (χ1n) is 13.7. The molecule has 1 aliphatic rings. The zero-order chi connectivity index (χ0) is 31.6. The van der Waals surface area contributed by atoms with Crippen LogP contribution >= 0.6 is 7.82 Å². The molecule has 0 aliphatic carbocycles. The zero-order valence-electron chi connectivity index (χ0n) is 24.5. The number of phosphoric ester groups is 1. The van der Waals surface area contributed by atoms with Crippen molar-refractivity contribution in [2.75, 3.05) is 46.9 Å². The van der Waals surface area contributed by atoms with Crippen LogP contribution in [0, 0.1) is 0 Å². The summed E-state index contributed by atoms with van der Waals surface area (Å²) in [6, 6.07) is 8.78. The van der Waals surface area contributed by atoms with Crippen molar-refractivity contribution in [2.45, 2.75) is 32.9 Å². The lowest BCUT2D eigenvalue weighted by Gasteiger charge is -2.34. The lowest BCUT2D eigenvalue weighted by molar-refractivity contribution is -0.127. The van der Waals surface area contributed by atoms with E-state index in [4.69, 9.17) is 25.0 Å². The van der Waals surface area contributed by atoms with Crippen LogP contribution < -0.4 is 15.2 Å². The minimum atomic E-state index is -4.85. The Balaban J connectivity index is 0.000000765. The molecule has 2 aromatic heterocycles. The Morgan fingerprint density at radius 1 is 1.00 bits per heavy atom. The van der Waals surface area contributed by atoms with Crippen molar-refractivity contribution in [2.24, 2.45) is 5.73 Å². The van der Waals surface area contributed by atoms with E-state index >= 15 is 0 Å². The summed E-state index contributed by atoms with van der Waals surface area (Å²) in [5.74, 6) is -1.63. The monoisotopic (exact) mass is 619 g/mol. The van der Waals surface area contributed by atoms with Crippen molar-refractivity contribution < 1.29 is 42.7 Å². The van der Waals surface area contributed by atoms with Gasteiger partial charge < -0.3 is 39.4 Å². The molecule has 0 saturated carbocycles. The smallest absolute Gasteiger partial charge is 0.471 e. The number of benzene rings is 1. The minimum Gasteiger partial charge on any atom is -0.494 e. The number of Topliss-reactive ketones (excluding diaryl/α,β-unsaturated/α-hetero) is 1. The van der Waals surface area contributed by atoms with Gasteiger partial charge in [-0.1, -0.05) is 38.0 Å². The maximum Gasteiger partial charge on any atom is 0.471 e. The van der Waals surface area contributed by atoms with E-state index in [1.807, 2.05) is 6.07 Å². The van der Waals surface area contributed by atoms with E-state index in [-0.39, 0.29) is 60.2 Å². The third-order valence-electron chi connectivity index (χ3n) is 6.73. The van der Waals surface area contributed by atoms with Gasteiger partial charge in [-0.15, -0.1) is 0 Å². The molecule has 0 atom stereocenters. The molecule has 4 N–H and O–H groups in total. The van der Waals surface area contributed by atoms with Crippen LogP contribution in [0.5, 0.6) is 11.6 Å². The summed E-state index contributed by atoms with van der Waals surface area (Å²) in [5.41, 5.74) is 5.84. The van der Waals surface area contributed by atoms with E-state index in [1.165, 1.54) is 55.3 Å². The SMILES string of the molecule is CCCCCN.COc1cnc(OC)c2c1c(C(=O)C(=O)N1CCN(C(=O)c3ccccc3)CC1)cn2COP(=O)(O)O. The fourth-order valence-corrected chi connectivity index (χ4v) is 4.80. The van der Waals surface area contributed by atoms with Gasteiger partial charge in [0.1, 0.15) is 18.0 Å². The molecule has 1 saturated heterocycles. The number of nitrogens with two attached hydrogens (primary N) is 1. The highest BCUT2D eigenvalue weighted by Crippen LogP contribution is 2.39. The minimum absolute atomic E-state index is 0.0321. The summed E-state index contributed by atoms with van der Waals surface area (Å²) in [4.78, 5) is 64.6. The van der Waals surface area contributed by atoms with Crippen LogP contribution in [0.15, 0.2) is 42.7 Å². The summed E-state index contributed by atoms with van der Waals surface area (Å²) in [6.07, 6.45) is 6.30. The molecule has 1 fully saturated rings. The summed E-state index contributed by atoms with van der Waals surface area (Å²) in [5, 5.41) is 0.180. The average molecular weight is 620 g/mol. The Bertz CT molecular complexity index is 1450. The average Bonchev–Trinajstić information content (AvgIpc) is 3.41. The predicted octanol–water partition coefficient (Wildman–Crippen LogP) is 2.42. The first kappa shape index (κ1) is 33.7. The highest BCUT2D eigenvalue weighted by molar-refractivity contribution is 7.46. The molecule has 3 aromatic rings. The van der Waals surface area contributed by atoms with Gasteiger partial charge in [-0.3, -0.25) is 18.9 Å². The van der Waals surface area contributed by atoms with Gasteiger partial charge in [-0.25, -0.2) is 9.55 Å². The predicted molar refractivity (Wildman–Crippen MR) is 158 cm³/mol. The second-order valence-electron chi connectivity index (χ2n) is 9.60. The number of hydrogen-bond acceptors (Lipinski definition) is 9. The molecule has 1 aliphatic heterocycles. The van der Waals surface area contributed by atoms with Gasteiger partial charge in [0.05, 0.1) is 31.4 Å². The van der Waals surface area contributed by atoms with Gasteiger partial charge in [0.2, 0.25) is 5.88 Å². The second-order valence-corrected chi connectivity index (χ2v) is 10.8. The Hall–Kier alpha value is -3.81. The van der Waals surface area contributed by atoms with Gasteiger partial charge in [-0.2, -0.15) is 0 Å². The molecule has 0 bridgehead atoms. The van der Waals surface area contributed by atoms with Gasteiger partial charge in [0, 0.05) is 37.9 Å². The van der Waals surface area contributed by atoms with Gasteiger partial charge in [0.15, 0.2) is 0 Å². The lowest BCUT2D eigenvalue weighted by Crippen LogP contribution is -2.52. The fourth-order valence-electron chi connectivity index (χ4n) is 4.52. The summed E-state index contributed by atoms with van der Waals surface area (Å²) in [6.45, 7) is 3.21. The van der Waals surface area contributed by atoms with E-state index in [9.17, 15) is 18.9 Å². The molecule has 0 radical (unpaired) electrons. The number of nitrogens with zero attached hydrogens (tertiary/aromatic N) is 4. The third-order valence-corrected chi connectivity index (χ3v) is 7.18. The fraction of sp³-hybridized carbons (Fsp3) is 0.429. The molecule has 4 rings (SSSR count). The Kier molecular flexibility index (Phi) is 12.2. The standard InChI is InChI=1S/C23H25N4O9P.C5H13N/c1-34-17-12-24-21(35-2)19-18(17)16(13-27(19)14-36-37(31,32)33)20(28)23(30)26-10-8-25(9-11-26)22(29)15-6-4-3-5-7-15;1-2-3-4-5-6/h3-7,12-13H,8-11,14H2,1-2H3,(H2,31,32,33);2-6H2,1H3. The first-order valence-corrected chi connectivity index (χ1v) is 15.3. The molecular formula is C28H38N5O9P. The number of pyridine rings is 1. The molecule has 2 amide bonds. The number of piperazine rings is 1. The number of ketones is 1. The van der Waals surface area contributed by atoms with Crippen LogP contribution in [0.25, 0.3) is 10.9 Å². The van der Waals surface area contributed by atoms with Crippen LogP contribution in [0.3, 0.4) is 0 Å². The normalized spacial score (nSPS) is 13.3. The van der Waals surface area contributed by atoms with Crippen molar-refractivity contribution in [3.63, 3.8) is 0 Å². The molecule has 234 valence electrons. The van der Waals surface area contributed by atoms with Crippen LogP contribution in [-0.2, 0) is 20.6 Å². The molecular weight excluding hydrogens is 581 g/mol. The Labute approximate surface area is 249 Å². The number of carbonyl (C=O) groups is 3. The first-order chi connectivity index (χ1) is 20.6. The maximum absolute atomic E-state index is 13.4. The van der Waals surface area contributed by atoms with Crippen molar-refractivity contribution in [3.8, 4) is 11.6 Å². The summed E-state index contributed by atoms with van der Waals surface area (Å²) < 4.78 is 27.7. The Morgan fingerprint density at radius 3 is 2.19 bits per heavy atom. The van der Waals surface area contributed by atoms with Crippen LogP contribution in [0.1, 0.15) is 46.9 Å². The number of carbonyl (C=O) groups excluding carboxylic acids is 3. The summed E-state index contributed by atoms with van der Waals surface area (Å²) >= 11 is 0. The van der Waals surface area contributed by atoms with Gasteiger partial charge in [0.25, 0.3) is 17.6 Å². The van der Waals surface area contributed by atoms with E-state index in [2.05, 4.69) is 16.4 Å². The largest absolute Gasteiger partial charge is 0.494 e. The number of fused-ring (bicyclic) bond motifs is 1.